The fraction of sp³-hybridized carbons (Fsp3) is 0.732. The predicted octanol–water partition coefficient (Wildman–Crippen LogP) is 9.28. The van der Waals surface area contributed by atoms with Crippen LogP contribution in [0.15, 0.2) is 60.8 Å². The zero-order chi connectivity index (χ0) is 37.6. The van der Waals surface area contributed by atoms with E-state index in [-0.39, 0.29) is 25.5 Å². The number of nitrogens with zero attached hydrogens (tertiary/aromatic N) is 1. The minimum Gasteiger partial charge on any atom is -0.387 e. The number of aliphatic hydroxyl groups is 1. The quantitative estimate of drug-likeness (QED) is 0.0202. The minimum absolute atomic E-state index is 0.0405. The van der Waals surface area contributed by atoms with Gasteiger partial charge < -0.3 is 24.5 Å². The Morgan fingerprint density at radius 1 is 0.765 bits per heavy atom. The molecule has 294 valence electrons. The van der Waals surface area contributed by atoms with Crippen LogP contribution >= 0.6 is 7.82 Å². The summed E-state index contributed by atoms with van der Waals surface area (Å²) in [4.78, 5) is 23.0. The van der Waals surface area contributed by atoms with Gasteiger partial charge >= 0.3 is 7.82 Å². The van der Waals surface area contributed by atoms with Crippen LogP contribution in [0.25, 0.3) is 0 Å². The molecule has 0 aliphatic carbocycles. The highest BCUT2D eigenvalue weighted by Gasteiger charge is 2.36. The van der Waals surface area contributed by atoms with Gasteiger partial charge in [-0.15, -0.1) is 0 Å². The number of epoxide rings is 1. The number of allylic oxidation sites excluding steroid dienone is 7. The Morgan fingerprint density at radius 3 is 2.02 bits per heavy atom. The second-order valence-electron chi connectivity index (χ2n) is 14.7. The van der Waals surface area contributed by atoms with Gasteiger partial charge in [0, 0.05) is 6.42 Å². The number of hydrogen-bond donors (Lipinski definition) is 3. The fourth-order valence-electron chi connectivity index (χ4n) is 5.26. The summed E-state index contributed by atoms with van der Waals surface area (Å²) in [6.07, 6.45) is 39.0. The minimum atomic E-state index is -4.36. The number of amides is 1. The van der Waals surface area contributed by atoms with Crippen LogP contribution in [0.5, 0.6) is 0 Å². The third-order valence-corrected chi connectivity index (χ3v) is 9.60. The van der Waals surface area contributed by atoms with E-state index in [1.165, 1.54) is 57.8 Å². The van der Waals surface area contributed by atoms with E-state index in [9.17, 15) is 19.4 Å². The molecule has 1 saturated heterocycles. The normalized spacial score (nSPS) is 19.2. The van der Waals surface area contributed by atoms with Crippen molar-refractivity contribution in [2.24, 2.45) is 0 Å². The lowest BCUT2D eigenvalue weighted by atomic mass is 10.1. The third kappa shape index (κ3) is 29.3. The molecule has 1 rings (SSSR count). The van der Waals surface area contributed by atoms with Gasteiger partial charge in [0.1, 0.15) is 13.2 Å². The van der Waals surface area contributed by atoms with Crippen LogP contribution in [0.2, 0.25) is 0 Å². The van der Waals surface area contributed by atoms with E-state index in [0.29, 0.717) is 29.7 Å². The van der Waals surface area contributed by atoms with E-state index in [4.69, 9.17) is 13.8 Å². The van der Waals surface area contributed by atoms with Crippen LogP contribution in [0.3, 0.4) is 0 Å². The van der Waals surface area contributed by atoms with E-state index in [1.54, 1.807) is 6.08 Å². The number of aliphatic hydroxyl groups excluding tert-OH is 1. The number of hydrogen-bond acceptors (Lipinski definition) is 6. The largest absolute Gasteiger partial charge is 0.472 e. The van der Waals surface area contributed by atoms with E-state index < -0.39 is 20.0 Å². The fourth-order valence-corrected chi connectivity index (χ4v) is 6.00. The number of phosphoric acid groups is 1. The molecule has 1 fully saturated rings. The van der Waals surface area contributed by atoms with Crippen molar-refractivity contribution in [3.63, 3.8) is 0 Å². The first-order chi connectivity index (χ1) is 24.5. The molecule has 1 heterocycles. The molecule has 0 aromatic carbocycles. The number of phosphoric ester groups is 1. The molecule has 0 spiro atoms. The van der Waals surface area contributed by atoms with Crippen LogP contribution in [0, 0.1) is 0 Å². The molecule has 0 saturated carbocycles. The lowest BCUT2D eigenvalue weighted by molar-refractivity contribution is -0.870. The Balaban J connectivity index is 2.43. The first kappa shape index (κ1) is 47.2. The summed E-state index contributed by atoms with van der Waals surface area (Å²) in [5, 5.41) is 13.7. The predicted molar refractivity (Wildman–Crippen MR) is 211 cm³/mol. The first-order valence-electron chi connectivity index (χ1n) is 19.8. The lowest BCUT2D eigenvalue weighted by Crippen LogP contribution is -2.45. The summed E-state index contributed by atoms with van der Waals surface area (Å²) < 4.78 is 29.2. The van der Waals surface area contributed by atoms with Crippen molar-refractivity contribution in [2.75, 3.05) is 40.9 Å². The van der Waals surface area contributed by atoms with Crippen LogP contribution in [-0.4, -0.2) is 85.6 Å². The van der Waals surface area contributed by atoms with E-state index in [0.717, 1.165) is 44.9 Å². The van der Waals surface area contributed by atoms with Crippen molar-refractivity contribution in [3.05, 3.63) is 60.8 Å². The molecule has 3 unspecified atom stereocenters. The molecule has 0 aromatic rings. The summed E-state index contributed by atoms with van der Waals surface area (Å²) in [5.41, 5.74) is 0. The molecular weight excluding hydrogens is 663 g/mol. The molecule has 0 bridgehead atoms. The zero-order valence-electron chi connectivity index (χ0n) is 32.8. The van der Waals surface area contributed by atoms with Gasteiger partial charge in [-0.25, -0.2) is 4.57 Å². The van der Waals surface area contributed by atoms with Crippen LogP contribution in [0.1, 0.15) is 129 Å². The number of likely N-dealkylation sites (N-methyl/N-ethyl adjacent to an activating group) is 1. The smallest absolute Gasteiger partial charge is 0.387 e. The molecule has 1 aliphatic heterocycles. The number of carbonyl (C=O) groups excluding carboxylic acids is 1. The van der Waals surface area contributed by atoms with Gasteiger partial charge in [0.2, 0.25) is 5.91 Å². The second-order valence-corrected chi connectivity index (χ2v) is 16.1. The number of ether oxygens (including phenoxy) is 1. The van der Waals surface area contributed by atoms with Crippen LogP contribution in [0.4, 0.5) is 0 Å². The third-order valence-electron chi connectivity index (χ3n) is 8.61. The van der Waals surface area contributed by atoms with Crippen molar-refractivity contribution in [1.29, 1.82) is 0 Å². The van der Waals surface area contributed by atoms with Gasteiger partial charge in [0.25, 0.3) is 0 Å². The summed E-state index contributed by atoms with van der Waals surface area (Å²) in [6.45, 7) is 4.65. The zero-order valence-corrected chi connectivity index (χ0v) is 33.7. The molecule has 1 amide bonds. The van der Waals surface area contributed by atoms with E-state index in [1.807, 2.05) is 27.2 Å². The molecule has 3 N–H and O–H groups in total. The van der Waals surface area contributed by atoms with Crippen molar-refractivity contribution in [1.82, 2.24) is 5.32 Å². The highest BCUT2D eigenvalue weighted by molar-refractivity contribution is 7.47. The average molecular weight is 738 g/mol. The maximum Gasteiger partial charge on any atom is 0.472 e. The van der Waals surface area contributed by atoms with Crippen LogP contribution < -0.4 is 5.32 Å². The van der Waals surface area contributed by atoms with Crippen molar-refractivity contribution in [3.8, 4) is 0 Å². The second kappa shape index (κ2) is 29.6. The van der Waals surface area contributed by atoms with E-state index >= 15 is 0 Å². The Hall–Kier alpha value is -1.84. The summed E-state index contributed by atoms with van der Waals surface area (Å²) in [6, 6.07) is -0.896. The Morgan fingerprint density at radius 2 is 1.31 bits per heavy atom. The molecule has 51 heavy (non-hydrogen) atoms. The first-order valence-corrected chi connectivity index (χ1v) is 21.3. The van der Waals surface area contributed by atoms with Gasteiger partial charge in [-0.3, -0.25) is 13.8 Å². The summed E-state index contributed by atoms with van der Waals surface area (Å²) in [5.74, 6) is -0.250. The highest BCUT2D eigenvalue weighted by Crippen LogP contribution is 2.43. The maximum atomic E-state index is 12.8. The highest BCUT2D eigenvalue weighted by atomic mass is 31.2. The lowest BCUT2D eigenvalue weighted by Gasteiger charge is -2.25. The van der Waals surface area contributed by atoms with Gasteiger partial charge in [-0.2, -0.15) is 0 Å². The monoisotopic (exact) mass is 738 g/mol. The number of rotatable bonds is 33. The molecule has 0 radical (unpaired) electrons. The number of quaternary nitrogens is 1. The Kier molecular flexibility index (Phi) is 27.4. The maximum absolute atomic E-state index is 12.8. The van der Waals surface area contributed by atoms with Gasteiger partial charge in [-0.1, -0.05) is 113 Å². The molecule has 9 nitrogen and oxygen atoms in total. The topological polar surface area (TPSA) is 118 Å². The van der Waals surface area contributed by atoms with E-state index in [2.05, 4.69) is 67.8 Å². The standard InChI is InChI=1S/C41H73N2O7P/c1-6-8-10-12-14-15-16-17-19-22-26-30-38(44)37(36-49-51(46,47)48-35-34-43(3,4)5)42-41(45)33-29-25-21-18-20-24-28-32-40-39(50-40)31-27-23-13-11-9-7-2/h16-18,21,23-24,26-28,30,37-40,44H,6-15,19-20,22,25,29,31-36H2,1-5H3,(H-,42,45,46,47)/p+1/b17-16-,21-18-,27-23-,28-24-,30-26+/t37-,38+,39?,40?/m0/s1. The number of unbranched alkanes of at least 4 members (excludes halogenated alkanes) is 10. The van der Waals surface area contributed by atoms with Crippen LogP contribution in [-0.2, 0) is 23.1 Å². The molecule has 5 atom stereocenters. The SMILES string of the molecule is CCCCC/C=C\CC1OC1C/C=C\C/C=C\CCCC(=O)N[C@@H](COP(=O)(O)OCC[N+](C)(C)C)[C@H](O)/C=C/CC/C=C\CCCCCCC. The Labute approximate surface area is 311 Å². The van der Waals surface area contributed by atoms with Crippen molar-refractivity contribution >= 4 is 13.7 Å². The molecular formula is C41H74N2O7P+. The van der Waals surface area contributed by atoms with Gasteiger partial charge in [0.15, 0.2) is 0 Å². The molecule has 1 aliphatic rings. The van der Waals surface area contributed by atoms with Gasteiger partial charge in [-0.05, 0) is 70.6 Å². The number of carbonyl (C=O) groups is 1. The van der Waals surface area contributed by atoms with Crippen molar-refractivity contribution < 1.29 is 37.6 Å². The summed E-state index contributed by atoms with van der Waals surface area (Å²) >= 11 is 0. The van der Waals surface area contributed by atoms with Crippen molar-refractivity contribution in [2.45, 2.75) is 154 Å². The average Bonchev–Trinajstić information content (AvgIpc) is 3.83. The molecule has 10 heteroatoms. The number of nitrogens with one attached hydrogen (secondary N) is 1. The molecule has 0 aromatic heterocycles. The summed E-state index contributed by atoms with van der Waals surface area (Å²) in [7, 11) is 1.50. The Bertz CT molecular complexity index is 1080. The van der Waals surface area contributed by atoms with Gasteiger partial charge in [0.05, 0.1) is 52.1 Å².